The summed E-state index contributed by atoms with van der Waals surface area (Å²) in [6.07, 6.45) is 10.4. The first-order chi connectivity index (χ1) is 15.1. The van der Waals surface area contributed by atoms with Crippen molar-refractivity contribution >= 4 is 21.1 Å². The Balaban J connectivity index is 1.22. The minimum atomic E-state index is -3.59. The number of fused-ring (bicyclic) bond motifs is 1. The summed E-state index contributed by atoms with van der Waals surface area (Å²) in [5.41, 5.74) is 3.27. The molecule has 1 aliphatic carbocycles. The Bertz CT molecular complexity index is 1270. The summed E-state index contributed by atoms with van der Waals surface area (Å²) in [7, 11) is -3.59. The zero-order valence-electron chi connectivity index (χ0n) is 17.1. The van der Waals surface area contributed by atoms with Crippen LogP contribution in [0.1, 0.15) is 42.7 Å². The van der Waals surface area contributed by atoms with Gasteiger partial charge in [-0.05, 0) is 54.9 Å². The second kappa shape index (κ2) is 8.28. The molecule has 5 rings (SSSR count). The Morgan fingerprint density at radius 3 is 2.68 bits per heavy atom. The summed E-state index contributed by atoms with van der Waals surface area (Å²) < 4.78 is 30.3. The van der Waals surface area contributed by atoms with Gasteiger partial charge in [0.1, 0.15) is 10.5 Å². The zero-order chi connectivity index (χ0) is 21.3. The minimum absolute atomic E-state index is 0.0537. The average Bonchev–Trinajstić information content (AvgIpc) is 3.43. The van der Waals surface area contributed by atoms with Gasteiger partial charge in [0.2, 0.25) is 10.0 Å². The monoisotopic (exact) mass is 435 g/mol. The summed E-state index contributed by atoms with van der Waals surface area (Å²) in [6, 6.07) is 13.9. The normalized spacial score (nSPS) is 19.6. The van der Waals surface area contributed by atoms with Crippen LogP contribution < -0.4 is 4.72 Å². The minimum Gasteiger partial charge on any atom is -0.346 e. The van der Waals surface area contributed by atoms with Crippen molar-refractivity contribution < 1.29 is 8.42 Å². The lowest BCUT2D eigenvalue weighted by Gasteiger charge is -2.28. The molecule has 1 aromatic carbocycles. The highest BCUT2D eigenvalue weighted by Crippen LogP contribution is 2.36. The van der Waals surface area contributed by atoms with E-state index in [1.165, 1.54) is 11.8 Å². The van der Waals surface area contributed by atoms with Crippen molar-refractivity contribution in [2.75, 3.05) is 0 Å². The molecule has 7 nitrogen and oxygen atoms in total. The molecule has 160 valence electrons. The number of hydrogen-bond acceptors (Lipinski definition) is 4. The van der Waals surface area contributed by atoms with Gasteiger partial charge in [0.15, 0.2) is 0 Å². The highest BCUT2D eigenvalue weighted by atomic mass is 32.2. The van der Waals surface area contributed by atoms with Crippen molar-refractivity contribution in [2.24, 2.45) is 0 Å². The smallest absolute Gasteiger partial charge is 0.243 e. The lowest BCUT2D eigenvalue weighted by Crippen LogP contribution is -2.37. The van der Waals surface area contributed by atoms with E-state index in [1.807, 2.05) is 42.6 Å². The maximum Gasteiger partial charge on any atom is 0.243 e. The van der Waals surface area contributed by atoms with Gasteiger partial charge in [0.05, 0.1) is 12.7 Å². The van der Waals surface area contributed by atoms with E-state index in [1.54, 1.807) is 17.1 Å². The lowest BCUT2D eigenvalue weighted by molar-refractivity contribution is 0.375. The lowest BCUT2D eigenvalue weighted by atomic mass is 9.82. The van der Waals surface area contributed by atoms with Crippen molar-refractivity contribution in [2.45, 2.75) is 49.1 Å². The van der Waals surface area contributed by atoms with Crippen molar-refractivity contribution in [3.05, 3.63) is 78.4 Å². The molecular weight excluding hydrogens is 410 g/mol. The molecule has 0 bridgehead atoms. The molecule has 0 amide bonds. The van der Waals surface area contributed by atoms with E-state index in [9.17, 15) is 8.42 Å². The highest BCUT2D eigenvalue weighted by Gasteiger charge is 2.28. The number of nitrogens with zero attached hydrogens (tertiary/aromatic N) is 3. The van der Waals surface area contributed by atoms with Gasteiger partial charge in [-0.15, -0.1) is 0 Å². The van der Waals surface area contributed by atoms with Crippen molar-refractivity contribution in [1.29, 1.82) is 0 Å². The first-order valence-corrected chi connectivity index (χ1v) is 12.1. The third-order valence-electron chi connectivity index (χ3n) is 6.08. The van der Waals surface area contributed by atoms with Crippen LogP contribution in [0.5, 0.6) is 0 Å². The van der Waals surface area contributed by atoms with E-state index in [4.69, 9.17) is 0 Å². The largest absolute Gasteiger partial charge is 0.346 e. The molecule has 0 saturated heterocycles. The molecule has 2 N–H and O–H groups in total. The van der Waals surface area contributed by atoms with Crippen LogP contribution in [0.15, 0.2) is 72.1 Å². The molecule has 0 unspecified atom stereocenters. The zero-order valence-corrected chi connectivity index (χ0v) is 17.9. The van der Waals surface area contributed by atoms with Gasteiger partial charge in [-0.3, -0.25) is 4.68 Å². The Morgan fingerprint density at radius 2 is 1.87 bits per heavy atom. The molecule has 1 fully saturated rings. The first-order valence-electron chi connectivity index (χ1n) is 10.6. The maximum absolute atomic E-state index is 12.9. The Kier molecular flexibility index (Phi) is 5.33. The van der Waals surface area contributed by atoms with Crippen LogP contribution in [0.2, 0.25) is 0 Å². The van der Waals surface area contributed by atoms with Gasteiger partial charge in [0, 0.05) is 30.0 Å². The molecule has 0 spiro atoms. The third kappa shape index (κ3) is 4.26. The number of rotatable bonds is 6. The van der Waals surface area contributed by atoms with E-state index < -0.39 is 10.0 Å². The summed E-state index contributed by atoms with van der Waals surface area (Å²) in [4.78, 5) is 7.83. The number of aromatic nitrogens is 4. The molecule has 0 atom stereocenters. The molecule has 3 aromatic heterocycles. The fraction of sp³-hybridized carbons (Fsp3) is 0.304. The summed E-state index contributed by atoms with van der Waals surface area (Å²) in [5, 5.41) is 5.40. The van der Waals surface area contributed by atoms with Gasteiger partial charge >= 0.3 is 0 Å². The maximum atomic E-state index is 12.9. The predicted molar refractivity (Wildman–Crippen MR) is 119 cm³/mol. The van der Waals surface area contributed by atoms with Crippen molar-refractivity contribution in [1.82, 2.24) is 24.5 Å². The standard InChI is InChI=1S/C23H25N5O2S/c29-31(30,20-13-26-28(16-20)15-17-5-2-1-3-6-17)27-19-10-8-18(9-11-19)22-14-25-23-21(22)7-4-12-24-23/h1-7,12-14,16,18-19,27H,8-11,15H2,(H,24,25)/t18-,19+. The van der Waals surface area contributed by atoms with E-state index in [-0.39, 0.29) is 10.9 Å². The van der Waals surface area contributed by atoms with Gasteiger partial charge < -0.3 is 4.98 Å². The highest BCUT2D eigenvalue weighted by molar-refractivity contribution is 7.89. The molecule has 3 heterocycles. The molecule has 8 heteroatoms. The fourth-order valence-corrected chi connectivity index (χ4v) is 5.72. The van der Waals surface area contributed by atoms with Crippen molar-refractivity contribution in [3.8, 4) is 0 Å². The quantitative estimate of drug-likeness (QED) is 0.482. The van der Waals surface area contributed by atoms with Gasteiger partial charge in [-0.2, -0.15) is 5.10 Å². The topological polar surface area (TPSA) is 92.7 Å². The van der Waals surface area contributed by atoms with E-state index in [0.29, 0.717) is 12.5 Å². The SMILES string of the molecule is O=S(=O)(N[C@H]1CC[C@@H](c2c[nH]c3ncccc32)CC1)c1cnn(Cc2ccccc2)c1. The van der Waals surface area contributed by atoms with Gasteiger partial charge in [0.25, 0.3) is 0 Å². The van der Waals surface area contributed by atoms with E-state index in [0.717, 1.165) is 42.3 Å². The summed E-state index contributed by atoms with van der Waals surface area (Å²) in [6.45, 7) is 0.543. The van der Waals surface area contributed by atoms with Crippen LogP contribution in [0, 0.1) is 0 Å². The molecule has 31 heavy (non-hydrogen) atoms. The van der Waals surface area contributed by atoms with E-state index in [2.05, 4.69) is 25.9 Å². The van der Waals surface area contributed by atoms with E-state index >= 15 is 0 Å². The van der Waals surface area contributed by atoms with Crippen LogP contribution in [0.25, 0.3) is 11.0 Å². The molecule has 0 aliphatic heterocycles. The molecule has 1 saturated carbocycles. The number of H-pyrrole nitrogens is 1. The van der Waals surface area contributed by atoms with Crippen molar-refractivity contribution in [3.63, 3.8) is 0 Å². The fourth-order valence-electron chi connectivity index (χ4n) is 4.46. The number of aromatic amines is 1. The third-order valence-corrected chi connectivity index (χ3v) is 7.55. The average molecular weight is 436 g/mol. The molecular formula is C23H25N5O2S. The number of benzene rings is 1. The Morgan fingerprint density at radius 1 is 1.06 bits per heavy atom. The van der Waals surface area contributed by atoms with Gasteiger partial charge in [-0.25, -0.2) is 18.1 Å². The molecule has 0 radical (unpaired) electrons. The first kappa shape index (κ1) is 20.0. The van der Waals surface area contributed by atoms with Crippen LogP contribution in [-0.2, 0) is 16.6 Å². The second-order valence-corrected chi connectivity index (χ2v) is 9.89. The molecule has 1 aliphatic rings. The number of hydrogen-bond donors (Lipinski definition) is 2. The van der Waals surface area contributed by atoms with Crippen LogP contribution in [0.4, 0.5) is 0 Å². The Labute approximate surface area is 181 Å². The predicted octanol–water partition coefficient (Wildman–Crippen LogP) is 3.81. The Hall–Kier alpha value is -2.97. The van der Waals surface area contributed by atoms with Crippen LogP contribution in [0.3, 0.4) is 0 Å². The van der Waals surface area contributed by atoms with Crippen LogP contribution >= 0.6 is 0 Å². The second-order valence-electron chi connectivity index (χ2n) is 8.17. The van der Waals surface area contributed by atoms with Gasteiger partial charge in [-0.1, -0.05) is 30.3 Å². The number of sulfonamides is 1. The molecule has 4 aromatic rings. The number of nitrogens with one attached hydrogen (secondary N) is 2. The van der Waals surface area contributed by atoms with Crippen LogP contribution in [-0.4, -0.2) is 34.2 Å². The summed E-state index contributed by atoms with van der Waals surface area (Å²) in [5.74, 6) is 0.423. The number of pyridine rings is 1. The summed E-state index contributed by atoms with van der Waals surface area (Å²) >= 11 is 0.